The Labute approximate surface area is 122 Å². The average Bonchev–Trinajstić information content (AvgIpc) is 2.67. The zero-order chi connectivity index (χ0) is 15.6. The Bertz CT molecular complexity index is 679. The molecule has 21 heavy (non-hydrogen) atoms. The van der Waals surface area contributed by atoms with E-state index >= 15 is 0 Å². The van der Waals surface area contributed by atoms with E-state index in [1.54, 1.807) is 11.6 Å². The van der Waals surface area contributed by atoms with Crippen molar-refractivity contribution in [3.05, 3.63) is 29.2 Å². The number of hydrogen-bond donors (Lipinski definition) is 1. The number of hydrogen-bond acceptors (Lipinski definition) is 6. The molecule has 0 radical (unpaired) electrons. The molecule has 0 fully saturated rings. The number of pyridine rings is 1. The Morgan fingerprint density at radius 2 is 2.14 bits per heavy atom. The summed E-state index contributed by atoms with van der Waals surface area (Å²) in [7, 11) is 1.83. The number of carbonyl (C=O) groups excluding carboxylic acids is 1. The molecule has 7 nitrogen and oxygen atoms in total. The van der Waals surface area contributed by atoms with Gasteiger partial charge >= 0.3 is 5.97 Å². The molecular formula is C14H18N4O3. The van der Waals surface area contributed by atoms with Gasteiger partial charge in [0.25, 0.3) is 0 Å². The summed E-state index contributed by atoms with van der Waals surface area (Å²) in [6.45, 7) is 5.73. The molecule has 0 saturated carbocycles. The van der Waals surface area contributed by atoms with Crippen molar-refractivity contribution in [2.75, 3.05) is 12.3 Å². The zero-order valence-corrected chi connectivity index (χ0v) is 12.5. The van der Waals surface area contributed by atoms with Crippen LogP contribution in [0.4, 0.5) is 5.69 Å². The molecule has 112 valence electrons. The summed E-state index contributed by atoms with van der Waals surface area (Å²) >= 11 is 0. The normalized spacial score (nSPS) is 10.5. The van der Waals surface area contributed by atoms with Gasteiger partial charge in [-0.1, -0.05) is 0 Å². The zero-order valence-electron chi connectivity index (χ0n) is 12.5. The van der Waals surface area contributed by atoms with Gasteiger partial charge in [0.05, 0.1) is 29.7 Å². The van der Waals surface area contributed by atoms with E-state index in [2.05, 4.69) is 10.1 Å². The van der Waals surface area contributed by atoms with Crippen molar-refractivity contribution < 1.29 is 14.3 Å². The lowest BCUT2D eigenvalue weighted by Crippen LogP contribution is -2.09. The number of anilines is 1. The Kier molecular flexibility index (Phi) is 4.11. The van der Waals surface area contributed by atoms with Gasteiger partial charge in [-0.15, -0.1) is 0 Å². The minimum atomic E-state index is -0.498. The molecule has 2 heterocycles. The van der Waals surface area contributed by atoms with Gasteiger partial charge in [0.2, 0.25) is 5.88 Å². The Morgan fingerprint density at radius 1 is 1.43 bits per heavy atom. The van der Waals surface area contributed by atoms with Crippen molar-refractivity contribution in [2.45, 2.75) is 20.8 Å². The van der Waals surface area contributed by atoms with E-state index in [1.165, 1.54) is 12.3 Å². The molecule has 0 unspecified atom stereocenters. The number of nitrogens with zero attached hydrogens (tertiary/aromatic N) is 3. The number of aryl methyl sites for hydroxylation is 2. The fourth-order valence-corrected chi connectivity index (χ4v) is 1.89. The van der Waals surface area contributed by atoms with Crippen LogP contribution in [0.5, 0.6) is 11.6 Å². The number of esters is 1. The quantitative estimate of drug-likeness (QED) is 0.866. The van der Waals surface area contributed by atoms with Crippen molar-refractivity contribution in [3.63, 3.8) is 0 Å². The second-order valence-electron chi connectivity index (χ2n) is 4.56. The maximum absolute atomic E-state index is 11.8. The van der Waals surface area contributed by atoms with Gasteiger partial charge in [-0.3, -0.25) is 4.68 Å². The lowest BCUT2D eigenvalue weighted by Gasteiger charge is -2.09. The second-order valence-corrected chi connectivity index (χ2v) is 4.56. The van der Waals surface area contributed by atoms with Crippen LogP contribution in [0, 0.1) is 13.8 Å². The number of nitrogen functional groups attached to an aromatic ring is 1. The van der Waals surface area contributed by atoms with Crippen LogP contribution in [0.3, 0.4) is 0 Å². The number of carbonyl (C=O) groups is 1. The van der Waals surface area contributed by atoms with Crippen molar-refractivity contribution in [1.82, 2.24) is 14.8 Å². The largest absolute Gasteiger partial charge is 0.462 e. The maximum Gasteiger partial charge on any atom is 0.340 e. The summed E-state index contributed by atoms with van der Waals surface area (Å²) in [4.78, 5) is 15.9. The van der Waals surface area contributed by atoms with Crippen LogP contribution in [0.1, 0.15) is 28.7 Å². The topological polar surface area (TPSA) is 92.3 Å². The smallest absolute Gasteiger partial charge is 0.340 e. The number of rotatable bonds is 4. The minimum absolute atomic E-state index is 0.237. The van der Waals surface area contributed by atoms with E-state index in [0.29, 0.717) is 5.75 Å². The highest BCUT2D eigenvalue weighted by atomic mass is 16.5. The Balaban J connectivity index is 2.33. The summed E-state index contributed by atoms with van der Waals surface area (Å²) in [5, 5.41) is 4.26. The van der Waals surface area contributed by atoms with E-state index < -0.39 is 5.97 Å². The Morgan fingerprint density at radius 3 is 2.71 bits per heavy atom. The van der Waals surface area contributed by atoms with Crippen molar-refractivity contribution >= 4 is 11.7 Å². The third-order valence-electron chi connectivity index (χ3n) is 3.05. The van der Waals surface area contributed by atoms with E-state index in [-0.39, 0.29) is 23.7 Å². The Hall–Kier alpha value is -2.57. The van der Waals surface area contributed by atoms with Crippen LogP contribution in [-0.4, -0.2) is 27.3 Å². The molecule has 0 aliphatic carbocycles. The van der Waals surface area contributed by atoms with Crippen LogP contribution in [0.25, 0.3) is 0 Å². The SMILES string of the molecule is CCOC(=O)c1cc(Oc2c(C)nn(C)c2C)ncc1N. The van der Waals surface area contributed by atoms with E-state index in [9.17, 15) is 4.79 Å². The summed E-state index contributed by atoms with van der Waals surface area (Å²) < 4.78 is 12.4. The summed E-state index contributed by atoms with van der Waals surface area (Å²) in [6, 6.07) is 1.47. The first-order chi connectivity index (χ1) is 9.93. The molecule has 0 amide bonds. The predicted octanol–water partition coefficient (Wildman–Crippen LogP) is 1.98. The maximum atomic E-state index is 11.8. The van der Waals surface area contributed by atoms with Crippen LogP contribution in [0.15, 0.2) is 12.3 Å². The van der Waals surface area contributed by atoms with Crippen LogP contribution >= 0.6 is 0 Å². The van der Waals surface area contributed by atoms with E-state index in [1.807, 2.05) is 20.9 Å². The molecule has 0 aromatic carbocycles. The monoisotopic (exact) mass is 290 g/mol. The van der Waals surface area contributed by atoms with Gasteiger partial charge in [-0.2, -0.15) is 5.10 Å². The lowest BCUT2D eigenvalue weighted by atomic mass is 10.2. The summed E-state index contributed by atoms with van der Waals surface area (Å²) in [5.41, 5.74) is 7.84. The number of aromatic nitrogens is 3. The molecular weight excluding hydrogens is 272 g/mol. The fourth-order valence-electron chi connectivity index (χ4n) is 1.89. The van der Waals surface area contributed by atoms with Gasteiger partial charge < -0.3 is 15.2 Å². The highest BCUT2D eigenvalue weighted by Gasteiger charge is 2.16. The van der Waals surface area contributed by atoms with Crippen LogP contribution < -0.4 is 10.5 Å². The molecule has 2 aromatic rings. The van der Waals surface area contributed by atoms with Gasteiger partial charge in [-0.05, 0) is 20.8 Å². The predicted molar refractivity (Wildman–Crippen MR) is 77.4 cm³/mol. The fraction of sp³-hybridized carbons (Fsp3) is 0.357. The standard InChI is InChI=1S/C14H18N4O3/c1-5-20-14(19)10-6-12(16-7-11(10)15)21-13-8(2)17-18(4)9(13)3/h6-7H,5,15H2,1-4H3. The molecule has 0 saturated heterocycles. The molecule has 0 bridgehead atoms. The van der Waals surface area contributed by atoms with Gasteiger partial charge in [0, 0.05) is 13.1 Å². The lowest BCUT2D eigenvalue weighted by molar-refractivity contribution is 0.0527. The van der Waals surface area contributed by atoms with Gasteiger partial charge in [0.1, 0.15) is 5.69 Å². The molecule has 0 aliphatic rings. The third kappa shape index (κ3) is 2.96. The van der Waals surface area contributed by atoms with Gasteiger partial charge in [-0.25, -0.2) is 9.78 Å². The average molecular weight is 290 g/mol. The molecule has 2 N–H and O–H groups in total. The number of ether oxygens (including phenoxy) is 2. The highest BCUT2D eigenvalue weighted by molar-refractivity contribution is 5.95. The number of nitrogens with two attached hydrogens (primary N) is 1. The molecule has 2 rings (SSSR count). The first kappa shape index (κ1) is 14.8. The van der Waals surface area contributed by atoms with Gasteiger partial charge in [0.15, 0.2) is 5.75 Å². The van der Waals surface area contributed by atoms with Crippen molar-refractivity contribution in [2.24, 2.45) is 7.05 Å². The highest BCUT2D eigenvalue weighted by Crippen LogP contribution is 2.28. The van der Waals surface area contributed by atoms with Crippen molar-refractivity contribution in [1.29, 1.82) is 0 Å². The first-order valence-electron chi connectivity index (χ1n) is 6.54. The van der Waals surface area contributed by atoms with Crippen LogP contribution in [0.2, 0.25) is 0 Å². The molecule has 2 aromatic heterocycles. The molecule has 0 atom stereocenters. The second kappa shape index (κ2) is 5.82. The molecule has 0 aliphatic heterocycles. The van der Waals surface area contributed by atoms with E-state index in [4.69, 9.17) is 15.2 Å². The third-order valence-corrected chi connectivity index (χ3v) is 3.05. The summed E-state index contributed by atoms with van der Waals surface area (Å²) in [5.74, 6) is 0.387. The van der Waals surface area contributed by atoms with E-state index in [0.717, 1.165) is 11.4 Å². The molecule has 7 heteroatoms. The van der Waals surface area contributed by atoms with Crippen molar-refractivity contribution in [3.8, 4) is 11.6 Å². The first-order valence-corrected chi connectivity index (χ1v) is 6.54. The minimum Gasteiger partial charge on any atom is -0.462 e. The van der Waals surface area contributed by atoms with Crippen LogP contribution in [-0.2, 0) is 11.8 Å². The molecule has 0 spiro atoms. The summed E-state index contributed by atoms with van der Waals surface area (Å²) in [6.07, 6.45) is 1.38.